The molecule has 0 aliphatic heterocycles. The van der Waals surface area contributed by atoms with E-state index < -0.39 is 31.4 Å². The largest absolute Gasteiger partial charge is 0.383 e. The van der Waals surface area contributed by atoms with Gasteiger partial charge in [-0.15, -0.1) is 0 Å². The lowest BCUT2D eigenvalue weighted by Gasteiger charge is -2.23. The molecule has 184 valence electrons. The lowest BCUT2D eigenvalue weighted by atomic mass is 9.97. The Labute approximate surface area is 200 Å². The molecular weight excluding hydrogens is 484 g/mol. The monoisotopic (exact) mass is 510 g/mol. The first-order valence-electron chi connectivity index (χ1n) is 9.59. The lowest BCUT2D eigenvalue weighted by molar-refractivity contribution is 0.0100. The fraction of sp³-hybridized carbons (Fsp3) is 0.364. The van der Waals surface area contributed by atoms with Crippen molar-refractivity contribution in [1.29, 1.82) is 0 Å². The molecule has 0 aromatic heterocycles. The van der Waals surface area contributed by atoms with Crippen LogP contribution < -0.4 is 0 Å². The number of benzene rings is 2. The van der Waals surface area contributed by atoms with Crippen molar-refractivity contribution in [1.82, 2.24) is 0 Å². The van der Waals surface area contributed by atoms with Crippen LogP contribution in [0.25, 0.3) is 9.69 Å². The van der Waals surface area contributed by atoms with E-state index in [-0.39, 0.29) is 13.2 Å². The van der Waals surface area contributed by atoms with Gasteiger partial charge >= 0.3 is 0 Å². The van der Waals surface area contributed by atoms with Crippen LogP contribution in [0.1, 0.15) is 25.0 Å². The minimum absolute atomic E-state index is 0.377. The maximum Gasteiger partial charge on any atom is 0.264 e. The minimum Gasteiger partial charge on any atom is -0.383 e. The Kier molecular flexibility index (Phi) is 9.90. The van der Waals surface area contributed by atoms with E-state index in [1.165, 1.54) is 26.0 Å². The summed E-state index contributed by atoms with van der Waals surface area (Å²) in [7, 11) is -7.20. The highest BCUT2D eigenvalue weighted by Gasteiger charge is 2.26. The second kappa shape index (κ2) is 11.5. The quantitative estimate of drug-likeness (QED) is 0.409. The number of hydrogen-bond donors (Lipinski definition) is 2. The number of aliphatic hydroxyl groups is 2. The molecule has 0 radical (unpaired) electrons. The summed E-state index contributed by atoms with van der Waals surface area (Å²) in [6.45, 7) is 15.8. The van der Waals surface area contributed by atoms with Gasteiger partial charge in [0.1, 0.15) is 11.2 Å². The fourth-order valence-electron chi connectivity index (χ4n) is 2.43. The highest BCUT2D eigenvalue weighted by molar-refractivity contribution is 7.86. The molecule has 0 fully saturated rings. The van der Waals surface area contributed by atoms with E-state index in [4.69, 9.17) is 13.1 Å². The highest BCUT2D eigenvalue weighted by atomic mass is 32.2. The highest BCUT2D eigenvalue weighted by Crippen LogP contribution is 2.26. The number of nitrogens with zero attached hydrogens (tertiary/aromatic N) is 2. The standard InChI is InChI=1S/2C11H13NO4S/c2*1-11(13,8-16-17(3,14)15)9-5-4-6-10(7-9)12-2/h2*4-7,13H,8H2,1,3H3/t2*11-/m11/s1. The molecule has 0 saturated heterocycles. The van der Waals surface area contributed by atoms with Gasteiger partial charge in [0, 0.05) is 0 Å². The zero-order valence-corrected chi connectivity index (χ0v) is 20.7. The topological polar surface area (TPSA) is 136 Å². The van der Waals surface area contributed by atoms with Gasteiger partial charge in [-0.05, 0) is 25.0 Å². The van der Waals surface area contributed by atoms with Crippen molar-refractivity contribution in [2.75, 3.05) is 25.7 Å². The normalized spacial score (nSPS) is 14.9. The third kappa shape index (κ3) is 10.4. The second-order valence-corrected chi connectivity index (χ2v) is 11.1. The predicted molar refractivity (Wildman–Crippen MR) is 126 cm³/mol. The first-order valence-corrected chi connectivity index (χ1v) is 13.2. The van der Waals surface area contributed by atoms with Gasteiger partial charge in [0.25, 0.3) is 20.2 Å². The van der Waals surface area contributed by atoms with Crippen LogP contribution >= 0.6 is 0 Å². The molecule has 0 saturated carbocycles. The van der Waals surface area contributed by atoms with Crippen LogP contribution in [0, 0.1) is 13.1 Å². The van der Waals surface area contributed by atoms with Crippen LogP contribution in [0.2, 0.25) is 0 Å². The SMILES string of the molecule is [C-]#[N+]c1cccc([C@](C)(O)COS(C)(=O)=O)c1.[C-]#[N+]c1cccc([C@](C)(O)COS(C)(=O)=O)c1. The zero-order chi connectivity index (χ0) is 26.2. The molecule has 2 atom stereocenters. The average molecular weight is 511 g/mol. The molecule has 2 aromatic rings. The van der Waals surface area contributed by atoms with Crippen molar-refractivity contribution < 1.29 is 35.4 Å². The maximum atomic E-state index is 10.9. The van der Waals surface area contributed by atoms with E-state index in [1.807, 2.05) is 0 Å². The molecule has 0 aliphatic carbocycles. The molecule has 2 rings (SSSR count). The van der Waals surface area contributed by atoms with Gasteiger partial charge in [0.2, 0.25) is 0 Å². The number of rotatable bonds is 8. The maximum absolute atomic E-state index is 10.9. The molecule has 0 spiro atoms. The van der Waals surface area contributed by atoms with Crippen LogP contribution in [-0.2, 0) is 39.8 Å². The first-order chi connectivity index (χ1) is 15.5. The Hall–Kier alpha value is -2.84. The third-order valence-corrected chi connectivity index (χ3v) is 5.39. The van der Waals surface area contributed by atoms with Crippen molar-refractivity contribution in [3.8, 4) is 0 Å². The third-order valence-electron chi connectivity index (χ3n) is 4.30. The average Bonchev–Trinajstić information content (AvgIpc) is 2.76. The van der Waals surface area contributed by atoms with Crippen LogP contribution in [0.15, 0.2) is 48.5 Å². The van der Waals surface area contributed by atoms with Crippen molar-refractivity contribution in [2.45, 2.75) is 25.0 Å². The smallest absolute Gasteiger partial charge is 0.264 e. The molecule has 2 N–H and O–H groups in total. The summed E-state index contributed by atoms with van der Waals surface area (Å²) < 4.78 is 52.5. The summed E-state index contributed by atoms with van der Waals surface area (Å²) in [5.41, 5.74) is -1.28. The zero-order valence-electron chi connectivity index (χ0n) is 19.1. The Morgan fingerprint density at radius 2 is 1.09 bits per heavy atom. The van der Waals surface area contributed by atoms with Gasteiger partial charge in [-0.3, -0.25) is 8.37 Å². The molecular formula is C22H26N2O8S2. The van der Waals surface area contributed by atoms with Crippen LogP contribution in [-0.4, -0.2) is 52.8 Å². The summed E-state index contributed by atoms with van der Waals surface area (Å²) in [6.07, 6.45) is 1.83. The Balaban J connectivity index is 0.000000340. The van der Waals surface area contributed by atoms with Gasteiger partial charge in [0.15, 0.2) is 11.4 Å². The predicted octanol–water partition coefficient (Wildman–Crippen LogP) is 2.84. The van der Waals surface area contributed by atoms with Crippen LogP contribution in [0.5, 0.6) is 0 Å². The summed E-state index contributed by atoms with van der Waals surface area (Å²) in [6, 6.07) is 12.7. The van der Waals surface area contributed by atoms with Gasteiger partial charge < -0.3 is 10.2 Å². The Morgan fingerprint density at radius 3 is 1.35 bits per heavy atom. The second-order valence-electron chi connectivity index (χ2n) is 7.80. The van der Waals surface area contributed by atoms with E-state index in [2.05, 4.69) is 18.1 Å². The van der Waals surface area contributed by atoms with Crippen molar-refractivity contribution in [3.05, 3.63) is 82.5 Å². The molecule has 34 heavy (non-hydrogen) atoms. The minimum atomic E-state index is -3.60. The number of hydrogen-bond acceptors (Lipinski definition) is 8. The first kappa shape index (κ1) is 29.2. The van der Waals surface area contributed by atoms with Gasteiger partial charge in [-0.1, -0.05) is 48.5 Å². The van der Waals surface area contributed by atoms with Crippen LogP contribution in [0.4, 0.5) is 11.4 Å². The van der Waals surface area contributed by atoms with E-state index in [0.717, 1.165) is 12.5 Å². The molecule has 0 heterocycles. The van der Waals surface area contributed by atoms with Crippen LogP contribution in [0.3, 0.4) is 0 Å². The molecule has 0 aliphatic rings. The molecule has 0 unspecified atom stereocenters. The molecule has 0 amide bonds. The molecule has 10 nitrogen and oxygen atoms in total. The summed E-state index contributed by atoms with van der Waals surface area (Å²) in [4.78, 5) is 6.47. The van der Waals surface area contributed by atoms with Gasteiger partial charge in [-0.25, -0.2) is 9.69 Å². The van der Waals surface area contributed by atoms with E-state index >= 15 is 0 Å². The summed E-state index contributed by atoms with van der Waals surface area (Å²) in [5.74, 6) is 0. The summed E-state index contributed by atoms with van der Waals surface area (Å²) >= 11 is 0. The molecule has 2 aromatic carbocycles. The van der Waals surface area contributed by atoms with Gasteiger partial charge in [-0.2, -0.15) is 16.8 Å². The van der Waals surface area contributed by atoms with Gasteiger partial charge in [0.05, 0.1) is 38.9 Å². The van der Waals surface area contributed by atoms with Crippen molar-refractivity contribution in [3.63, 3.8) is 0 Å². The summed E-state index contributed by atoms with van der Waals surface area (Å²) in [5, 5.41) is 20.2. The van der Waals surface area contributed by atoms with E-state index in [1.54, 1.807) is 36.4 Å². The molecule has 0 bridgehead atoms. The molecule has 12 heteroatoms. The lowest BCUT2D eigenvalue weighted by Crippen LogP contribution is -2.29. The van der Waals surface area contributed by atoms with Crippen molar-refractivity contribution in [2.24, 2.45) is 0 Å². The van der Waals surface area contributed by atoms with Crippen molar-refractivity contribution >= 4 is 31.6 Å². The van der Waals surface area contributed by atoms with E-state index in [0.29, 0.717) is 22.5 Å². The Bertz CT molecular complexity index is 1190. The fourth-order valence-corrected chi connectivity index (χ4v) is 3.32. The Morgan fingerprint density at radius 1 is 0.765 bits per heavy atom. The van der Waals surface area contributed by atoms with E-state index in [9.17, 15) is 27.0 Å².